The molecule has 1 unspecified atom stereocenters. The van der Waals surface area contributed by atoms with Crippen molar-refractivity contribution >= 4 is 23.2 Å². The molecule has 0 spiro atoms. The Hall–Kier alpha value is -1.09. The molecule has 1 saturated heterocycles. The number of nitrogens with zero attached hydrogens (tertiary/aromatic N) is 1. The third-order valence-electron chi connectivity index (χ3n) is 4.08. The average molecular weight is 291 g/mol. The SMILES string of the molecule is CNCC1CCN(Cc2ccc3ccccc3c2)C1.Cl. The molecule has 20 heavy (non-hydrogen) atoms. The fraction of sp³-hybridized carbons (Fsp3) is 0.412. The number of likely N-dealkylation sites (tertiary alicyclic amines) is 1. The van der Waals surface area contributed by atoms with Crippen molar-refractivity contribution in [3.8, 4) is 0 Å². The zero-order valence-corrected chi connectivity index (χ0v) is 12.8. The summed E-state index contributed by atoms with van der Waals surface area (Å²) in [4.78, 5) is 2.58. The molecule has 1 atom stereocenters. The molecule has 0 radical (unpaired) electrons. The number of hydrogen-bond acceptors (Lipinski definition) is 2. The van der Waals surface area contributed by atoms with Crippen molar-refractivity contribution in [3.63, 3.8) is 0 Å². The van der Waals surface area contributed by atoms with Gasteiger partial charge in [0.2, 0.25) is 0 Å². The summed E-state index contributed by atoms with van der Waals surface area (Å²) in [6.07, 6.45) is 1.33. The lowest BCUT2D eigenvalue weighted by Crippen LogP contribution is -2.24. The van der Waals surface area contributed by atoms with Crippen LogP contribution in [0.25, 0.3) is 10.8 Å². The molecule has 2 nitrogen and oxygen atoms in total. The Bertz CT molecular complexity index is 555. The minimum Gasteiger partial charge on any atom is -0.319 e. The van der Waals surface area contributed by atoms with Crippen LogP contribution in [-0.4, -0.2) is 31.6 Å². The second-order valence-electron chi connectivity index (χ2n) is 5.63. The number of hydrogen-bond donors (Lipinski definition) is 1. The maximum absolute atomic E-state index is 3.29. The molecule has 1 aliphatic rings. The van der Waals surface area contributed by atoms with Crippen LogP contribution in [0.4, 0.5) is 0 Å². The summed E-state index contributed by atoms with van der Waals surface area (Å²) in [7, 11) is 2.05. The lowest BCUT2D eigenvalue weighted by Gasteiger charge is -2.16. The van der Waals surface area contributed by atoms with E-state index in [1.54, 1.807) is 0 Å². The molecule has 0 aromatic heterocycles. The van der Waals surface area contributed by atoms with Crippen LogP contribution < -0.4 is 5.32 Å². The standard InChI is InChI=1S/C17H22N2.ClH/c1-18-11-15-8-9-19(13-15)12-14-6-7-16-4-2-3-5-17(16)10-14;/h2-7,10,15,18H,8-9,11-13H2,1H3;1H. The van der Waals surface area contributed by atoms with Crippen molar-refractivity contribution in [2.24, 2.45) is 5.92 Å². The van der Waals surface area contributed by atoms with E-state index in [1.165, 1.54) is 35.8 Å². The molecule has 1 fully saturated rings. The van der Waals surface area contributed by atoms with Crippen LogP contribution in [0.2, 0.25) is 0 Å². The van der Waals surface area contributed by atoms with E-state index < -0.39 is 0 Å². The predicted octanol–water partition coefficient (Wildman–Crippen LogP) is 3.30. The maximum Gasteiger partial charge on any atom is 0.0234 e. The summed E-state index contributed by atoms with van der Waals surface area (Å²) in [6, 6.07) is 15.4. The second kappa shape index (κ2) is 7.07. The lowest BCUT2D eigenvalue weighted by molar-refractivity contribution is 0.315. The highest BCUT2D eigenvalue weighted by Crippen LogP contribution is 2.20. The van der Waals surface area contributed by atoms with Gasteiger partial charge in [0.25, 0.3) is 0 Å². The van der Waals surface area contributed by atoms with Gasteiger partial charge in [0, 0.05) is 13.1 Å². The van der Waals surface area contributed by atoms with Gasteiger partial charge in [-0.05, 0) is 54.9 Å². The highest BCUT2D eigenvalue weighted by atomic mass is 35.5. The fourth-order valence-corrected chi connectivity index (χ4v) is 3.11. The van der Waals surface area contributed by atoms with Crippen LogP contribution in [0.3, 0.4) is 0 Å². The highest BCUT2D eigenvalue weighted by Gasteiger charge is 2.21. The van der Waals surface area contributed by atoms with E-state index in [2.05, 4.69) is 52.7 Å². The molecule has 3 rings (SSSR count). The van der Waals surface area contributed by atoms with Gasteiger partial charge in [0.1, 0.15) is 0 Å². The third-order valence-corrected chi connectivity index (χ3v) is 4.08. The van der Waals surface area contributed by atoms with E-state index in [-0.39, 0.29) is 12.4 Å². The molecular formula is C17H23ClN2. The highest BCUT2D eigenvalue weighted by molar-refractivity contribution is 5.85. The van der Waals surface area contributed by atoms with E-state index in [1.807, 2.05) is 7.05 Å². The second-order valence-corrected chi connectivity index (χ2v) is 5.63. The molecule has 2 aromatic carbocycles. The van der Waals surface area contributed by atoms with Gasteiger partial charge in [0.15, 0.2) is 0 Å². The zero-order chi connectivity index (χ0) is 13.1. The molecule has 0 aliphatic carbocycles. The molecule has 2 aromatic rings. The van der Waals surface area contributed by atoms with Crippen LogP contribution in [0, 0.1) is 5.92 Å². The lowest BCUT2D eigenvalue weighted by atomic mass is 10.1. The van der Waals surface area contributed by atoms with Crippen LogP contribution >= 0.6 is 12.4 Å². The first kappa shape index (κ1) is 15.3. The molecule has 0 bridgehead atoms. The van der Waals surface area contributed by atoms with Gasteiger partial charge in [-0.2, -0.15) is 0 Å². The van der Waals surface area contributed by atoms with E-state index in [0.717, 1.165) is 19.0 Å². The molecule has 1 aliphatic heterocycles. The van der Waals surface area contributed by atoms with Crippen LogP contribution in [0.15, 0.2) is 42.5 Å². The molecule has 3 heteroatoms. The molecule has 1 N–H and O–H groups in total. The molecule has 0 amide bonds. The third kappa shape index (κ3) is 3.51. The minimum atomic E-state index is 0. The first-order valence-electron chi connectivity index (χ1n) is 7.20. The average Bonchev–Trinajstić information content (AvgIpc) is 2.86. The van der Waals surface area contributed by atoms with E-state index in [4.69, 9.17) is 0 Å². The van der Waals surface area contributed by atoms with Crippen molar-refractivity contribution in [3.05, 3.63) is 48.0 Å². The van der Waals surface area contributed by atoms with Gasteiger partial charge in [-0.25, -0.2) is 0 Å². The Kier molecular flexibility index (Phi) is 5.41. The largest absolute Gasteiger partial charge is 0.319 e. The Balaban J connectivity index is 0.00000147. The summed E-state index contributed by atoms with van der Waals surface area (Å²) < 4.78 is 0. The van der Waals surface area contributed by atoms with Crippen molar-refractivity contribution in [1.82, 2.24) is 10.2 Å². The summed E-state index contributed by atoms with van der Waals surface area (Å²) in [5.74, 6) is 0.824. The Morgan fingerprint density at radius 1 is 1.15 bits per heavy atom. The van der Waals surface area contributed by atoms with Gasteiger partial charge in [-0.1, -0.05) is 36.4 Å². The quantitative estimate of drug-likeness (QED) is 0.929. The van der Waals surface area contributed by atoms with Gasteiger partial charge < -0.3 is 5.32 Å². The van der Waals surface area contributed by atoms with Crippen molar-refractivity contribution in [2.75, 3.05) is 26.7 Å². The number of fused-ring (bicyclic) bond motifs is 1. The summed E-state index contributed by atoms with van der Waals surface area (Å²) >= 11 is 0. The number of nitrogens with one attached hydrogen (secondary N) is 1. The Labute approximate surface area is 127 Å². The topological polar surface area (TPSA) is 15.3 Å². The molecule has 108 valence electrons. The maximum atomic E-state index is 3.29. The monoisotopic (exact) mass is 290 g/mol. The van der Waals surface area contributed by atoms with Gasteiger partial charge in [-0.15, -0.1) is 12.4 Å². The Morgan fingerprint density at radius 3 is 2.75 bits per heavy atom. The van der Waals surface area contributed by atoms with E-state index in [0.29, 0.717) is 0 Å². The molecule has 0 saturated carbocycles. The zero-order valence-electron chi connectivity index (χ0n) is 12.0. The normalized spacial score (nSPS) is 19.1. The number of rotatable bonds is 4. The van der Waals surface area contributed by atoms with E-state index >= 15 is 0 Å². The van der Waals surface area contributed by atoms with Crippen LogP contribution in [-0.2, 0) is 6.54 Å². The first-order valence-corrected chi connectivity index (χ1v) is 7.20. The van der Waals surface area contributed by atoms with Gasteiger partial charge in [-0.3, -0.25) is 4.90 Å². The van der Waals surface area contributed by atoms with Crippen molar-refractivity contribution in [2.45, 2.75) is 13.0 Å². The predicted molar refractivity (Wildman–Crippen MR) is 88.5 cm³/mol. The van der Waals surface area contributed by atoms with Gasteiger partial charge >= 0.3 is 0 Å². The summed E-state index contributed by atoms with van der Waals surface area (Å²) in [5, 5.41) is 5.98. The van der Waals surface area contributed by atoms with Crippen molar-refractivity contribution in [1.29, 1.82) is 0 Å². The van der Waals surface area contributed by atoms with Crippen molar-refractivity contribution < 1.29 is 0 Å². The number of benzene rings is 2. The first-order chi connectivity index (χ1) is 9.35. The minimum absolute atomic E-state index is 0. The smallest absolute Gasteiger partial charge is 0.0234 e. The molecule has 1 heterocycles. The van der Waals surface area contributed by atoms with Crippen LogP contribution in [0.1, 0.15) is 12.0 Å². The van der Waals surface area contributed by atoms with E-state index in [9.17, 15) is 0 Å². The number of halogens is 1. The summed E-state index contributed by atoms with van der Waals surface area (Å²) in [6.45, 7) is 4.70. The Morgan fingerprint density at radius 2 is 1.95 bits per heavy atom. The summed E-state index contributed by atoms with van der Waals surface area (Å²) in [5.41, 5.74) is 1.43. The fourth-order valence-electron chi connectivity index (χ4n) is 3.11. The van der Waals surface area contributed by atoms with Gasteiger partial charge in [0.05, 0.1) is 0 Å². The molecular weight excluding hydrogens is 268 g/mol. The van der Waals surface area contributed by atoms with Crippen LogP contribution in [0.5, 0.6) is 0 Å².